The number of hydrogen-bond acceptors (Lipinski definition) is 3. The molecule has 0 spiro atoms. The van der Waals surface area contributed by atoms with Crippen LogP contribution in [0.4, 0.5) is 0 Å². The molecule has 0 bridgehead atoms. The fraction of sp³-hybridized carbons (Fsp3) is 0.588. The molecule has 1 aromatic rings. The molecule has 3 rings (SSSR count). The Morgan fingerprint density at radius 3 is 2.64 bits per heavy atom. The standard InChI is InChI=1S/C17H22ClNO3/c1-11-5-12(2)10-19(9-11)16(20)8-13-6-14(18)17-15(7-13)21-3-4-22-17/h6-7,11-12H,3-5,8-10H2,1-2H3. The Labute approximate surface area is 136 Å². The molecule has 2 atom stereocenters. The molecular weight excluding hydrogens is 302 g/mol. The summed E-state index contributed by atoms with van der Waals surface area (Å²) in [5, 5.41) is 0.514. The molecule has 1 saturated heterocycles. The van der Waals surface area contributed by atoms with Crippen molar-refractivity contribution in [3.05, 3.63) is 22.7 Å². The van der Waals surface area contributed by atoms with Gasteiger partial charge in [-0.2, -0.15) is 0 Å². The number of hydrogen-bond donors (Lipinski definition) is 0. The molecule has 1 amide bonds. The van der Waals surface area contributed by atoms with Crippen LogP contribution in [0.3, 0.4) is 0 Å². The molecule has 0 N–H and O–H groups in total. The van der Waals surface area contributed by atoms with Crippen molar-refractivity contribution in [2.45, 2.75) is 26.7 Å². The van der Waals surface area contributed by atoms with Crippen LogP contribution >= 0.6 is 11.6 Å². The Balaban J connectivity index is 1.72. The lowest BCUT2D eigenvalue weighted by molar-refractivity contribution is -0.133. The molecule has 0 aliphatic carbocycles. The number of likely N-dealkylation sites (tertiary alicyclic amines) is 1. The van der Waals surface area contributed by atoms with E-state index in [-0.39, 0.29) is 5.91 Å². The summed E-state index contributed by atoms with van der Waals surface area (Å²) in [5.41, 5.74) is 0.880. The zero-order valence-electron chi connectivity index (χ0n) is 13.1. The second-order valence-electron chi connectivity index (χ2n) is 6.52. The van der Waals surface area contributed by atoms with Gasteiger partial charge in [-0.3, -0.25) is 4.79 Å². The number of benzene rings is 1. The van der Waals surface area contributed by atoms with E-state index in [1.165, 1.54) is 6.42 Å². The molecule has 0 saturated carbocycles. The van der Waals surface area contributed by atoms with E-state index in [4.69, 9.17) is 21.1 Å². The number of piperidine rings is 1. The Kier molecular flexibility index (Phi) is 4.48. The summed E-state index contributed by atoms with van der Waals surface area (Å²) in [5.74, 6) is 2.52. The van der Waals surface area contributed by atoms with Gasteiger partial charge in [0.1, 0.15) is 13.2 Å². The van der Waals surface area contributed by atoms with Gasteiger partial charge < -0.3 is 14.4 Å². The highest BCUT2D eigenvalue weighted by molar-refractivity contribution is 6.32. The van der Waals surface area contributed by atoms with Crippen LogP contribution in [0.5, 0.6) is 11.5 Å². The number of nitrogens with zero attached hydrogens (tertiary/aromatic N) is 1. The van der Waals surface area contributed by atoms with E-state index in [2.05, 4.69) is 13.8 Å². The minimum Gasteiger partial charge on any atom is -0.486 e. The largest absolute Gasteiger partial charge is 0.486 e. The second kappa shape index (κ2) is 6.37. The van der Waals surface area contributed by atoms with Gasteiger partial charge in [-0.05, 0) is 36.0 Å². The molecule has 120 valence electrons. The third-order valence-electron chi connectivity index (χ3n) is 4.23. The molecule has 0 aromatic heterocycles. The predicted molar refractivity (Wildman–Crippen MR) is 85.7 cm³/mol. The van der Waals surface area contributed by atoms with Crippen molar-refractivity contribution in [1.29, 1.82) is 0 Å². The van der Waals surface area contributed by atoms with Gasteiger partial charge in [-0.1, -0.05) is 25.4 Å². The van der Waals surface area contributed by atoms with Crippen LogP contribution in [0.15, 0.2) is 12.1 Å². The van der Waals surface area contributed by atoms with E-state index in [0.29, 0.717) is 48.0 Å². The maximum atomic E-state index is 12.5. The highest BCUT2D eigenvalue weighted by Gasteiger charge is 2.26. The lowest BCUT2D eigenvalue weighted by Crippen LogP contribution is -2.43. The average molecular weight is 324 g/mol. The summed E-state index contributed by atoms with van der Waals surface area (Å²) in [6.07, 6.45) is 1.55. The first-order valence-corrected chi connectivity index (χ1v) is 8.26. The van der Waals surface area contributed by atoms with Gasteiger partial charge in [0.15, 0.2) is 11.5 Å². The molecule has 4 nitrogen and oxygen atoms in total. The monoisotopic (exact) mass is 323 g/mol. The van der Waals surface area contributed by atoms with Gasteiger partial charge in [-0.15, -0.1) is 0 Å². The van der Waals surface area contributed by atoms with Gasteiger partial charge in [-0.25, -0.2) is 0 Å². The van der Waals surface area contributed by atoms with Gasteiger partial charge >= 0.3 is 0 Å². The third kappa shape index (κ3) is 3.32. The Morgan fingerprint density at radius 1 is 1.23 bits per heavy atom. The maximum absolute atomic E-state index is 12.5. The first-order valence-electron chi connectivity index (χ1n) is 7.88. The predicted octanol–water partition coefficient (Wildman–Crippen LogP) is 3.16. The summed E-state index contributed by atoms with van der Waals surface area (Å²) in [7, 11) is 0. The Bertz CT molecular complexity index is 565. The summed E-state index contributed by atoms with van der Waals surface area (Å²) >= 11 is 6.23. The number of amides is 1. The van der Waals surface area contributed by atoms with Crippen molar-refractivity contribution in [1.82, 2.24) is 4.90 Å². The van der Waals surface area contributed by atoms with Crippen LogP contribution in [-0.2, 0) is 11.2 Å². The van der Waals surface area contributed by atoms with E-state index < -0.39 is 0 Å². The van der Waals surface area contributed by atoms with Crippen LogP contribution < -0.4 is 9.47 Å². The lowest BCUT2D eigenvalue weighted by Gasteiger charge is -2.35. The number of halogens is 1. The molecule has 1 aromatic carbocycles. The molecular formula is C17H22ClNO3. The van der Waals surface area contributed by atoms with Crippen molar-refractivity contribution in [3.8, 4) is 11.5 Å². The topological polar surface area (TPSA) is 38.8 Å². The normalized spacial score (nSPS) is 24.2. The fourth-order valence-electron chi connectivity index (χ4n) is 3.42. The highest BCUT2D eigenvalue weighted by Crippen LogP contribution is 2.38. The Hall–Kier alpha value is -1.42. The molecule has 1 fully saturated rings. The van der Waals surface area contributed by atoms with Crippen molar-refractivity contribution >= 4 is 17.5 Å². The fourth-order valence-corrected chi connectivity index (χ4v) is 3.71. The van der Waals surface area contributed by atoms with Crippen molar-refractivity contribution < 1.29 is 14.3 Å². The zero-order valence-corrected chi connectivity index (χ0v) is 13.9. The third-order valence-corrected chi connectivity index (χ3v) is 4.51. The minimum absolute atomic E-state index is 0.158. The molecule has 22 heavy (non-hydrogen) atoms. The zero-order chi connectivity index (χ0) is 15.7. The molecule has 0 radical (unpaired) electrons. The number of carbonyl (C=O) groups is 1. The van der Waals surface area contributed by atoms with E-state index in [9.17, 15) is 4.79 Å². The van der Waals surface area contributed by atoms with Crippen LogP contribution in [0, 0.1) is 11.8 Å². The minimum atomic E-state index is 0.158. The summed E-state index contributed by atoms with van der Waals surface area (Å²) in [4.78, 5) is 14.5. The maximum Gasteiger partial charge on any atom is 0.227 e. The van der Waals surface area contributed by atoms with Crippen LogP contribution in [0.25, 0.3) is 0 Å². The summed E-state index contributed by atoms with van der Waals surface area (Å²) < 4.78 is 11.1. The van der Waals surface area contributed by atoms with Gasteiger partial charge in [0, 0.05) is 13.1 Å². The van der Waals surface area contributed by atoms with E-state index >= 15 is 0 Å². The van der Waals surface area contributed by atoms with Gasteiger partial charge in [0.2, 0.25) is 5.91 Å². The lowest BCUT2D eigenvalue weighted by atomic mass is 9.91. The molecule has 2 aliphatic heterocycles. The first-order chi connectivity index (χ1) is 10.5. The number of carbonyl (C=O) groups excluding carboxylic acids is 1. The number of rotatable bonds is 2. The van der Waals surface area contributed by atoms with Crippen LogP contribution in [0.2, 0.25) is 5.02 Å². The van der Waals surface area contributed by atoms with E-state index in [1.807, 2.05) is 17.0 Å². The SMILES string of the molecule is CC1CC(C)CN(C(=O)Cc2cc(Cl)c3c(c2)OCCO3)C1. The summed E-state index contributed by atoms with van der Waals surface area (Å²) in [6.45, 7) is 7.13. The summed E-state index contributed by atoms with van der Waals surface area (Å²) in [6, 6.07) is 3.68. The van der Waals surface area contributed by atoms with Gasteiger partial charge in [0.05, 0.1) is 11.4 Å². The number of ether oxygens (including phenoxy) is 2. The molecule has 2 heterocycles. The smallest absolute Gasteiger partial charge is 0.227 e. The van der Waals surface area contributed by atoms with Crippen molar-refractivity contribution in [2.24, 2.45) is 11.8 Å². The van der Waals surface area contributed by atoms with Crippen molar-refractivity contribution in [3.63, 3.8) is 0 Å². The second-order valence-corrected chi connectivity index (χ2v) is 6.93. The Morgan fingerprint density at radius 2 is 1.91 bits per heavy atom. The highest BCUT2D eigenvalue weighted by atomic mass is 35.5. The van der Waals surface area contributed by atoms with Crippen LogP contribution in [0.1, 0.15) is 25.8 Å². The molecule has 2 unspecified atom stereocenters. The van der Waals surface area contributed by atoms with Crippen molar-refractivity contribution in [2.75, 3.05) is 26.3 Å². The average Bonchev–Trinajstić information content (AvgIpc) is 2.46. The van der Waals surface area contributed by atoms with E-state index in [0.717, 1.165) is 18.7 Å². The number of fused-ring (bicyclic) bond motifs is 1. The molecule has 2 aliphatic rings. The van der Waals surface area contributed by atoms with E-state index in [1.54, 1.807) is 0 Å². The van der Waals surface area contributed by atoms with Gasteiger partial charge in [0.25, 0.3) is 0 Å². The van der Waals surface area contributed by atoms with Crippen LogP contribution in [-0.4, -0.2) is 37.1 Å². The molecule has 5 heteroatoms. The first kappa shape index (κ1) is 15.5. The quantitative estimate of drug-likeness (QED) is 0.839.